The second-order valence-electron chi connectivity index (χ2n) is 19.5. The van der Waals surface area contributed by atoms with Gasteiger partial charge in [-0.3, -0.25) is 18.6 Å². The van der Waals surface area contributed by atoms with Gasteiger partial charge in [0, 0.05) is 19.4 Å². The van der Waals surface area contributed by atoms with Gasteiger partial charge in [-0.05, 0) is 51.4 Å². The number of hydrogen-bond acceptors (Lipinski definition) is 8. The highest BCUT2D eigenvalue weighted by molar-refractivity contribution is 7.47. The minimum Gasteiger partial charge on any atom is -0.462 e. The molecule has 0 saturated carbocycles. The molecule has 0 spiro atoms. The van der Waals surface area contributed by atoms with Crippen molar-refractivity contribution < 1.29 is 37.6 Å². The van der Waals surface area contributed by atoms with Crippen molar-refractivity contribution in [1.82, 2.24) is 0 Å². The molecule has 0 aromatic carbocycles. The highest BCUT2D eigenvalue weighted by atomic mass is 31.2. The Labute approximate surface area is 431 Å². The molecule has 9 nitrogen and oxygen atoms in total. The van der Waals surface area contributed by atoms with Crippen molar-refractivity contribution in [3.05, 3.63) is 60.8 Å². The smallest absolute Gasteiger partial charge is 0.462 e. The predicted octanol–water partition coefficient (Wildman–Crippen LogP) is 18.3. The zero-order valence-electron chi connectivity index (χ0n) is 45.5. The molecule has 0 saturated heterocycles. The van der Waals surface area contributed by atoms with Gasteiger partial charge in [0.15, 0.2) is 6.10 Å². The van der Waals surface area contributed by atoms with E-state index in [2.05, 4.69) is 68.5 Å². The van der Waals surface area contributed by atoms with Gasteiger partial charge >= 0.3 is 19.8 Å². The lowest BCUT2D eigenvalue weighted by molar-refractivity contribution is -0.161. The Morgan fingerprint density at radius 1 is 0.443 bits per heavy atom. The van der Waals surface area contributed by atoms with Crippen LogP contribution in [0.3, 0.4) is 0 Å². The van der Waals surface area contributed by atoms with E-state index in [0.29, 0.717) is 12.8 Å². The third-order valence-corrected chi connectivity index (χ3v) is 13.7. The van der Waals surface area contributed by atoms with E-state index in [1.165, 1.54) is 186 Å². The summed E-state index contributed by atoms with van der Waals surface area (Å²) in [5, 5.41) is 0. The Kier molecular flexibility index (Phi) is 54.2. The summed E-state index contributed by atoms with van der Waals surface area (Å²) < 4.78 is 32.9. The van der Waals surface area contributed by atoms with Gasteiger partial charge in [-0.1, -0.05) is 274 Å². The Morgan fingerprint density at radius 2 is 0.786 bits per heavy atom. The lowest BCUT2D eigenvalue weighted by atomic mass is 10.0. The van der Waals surface area contributed by atoms with Crippen molar-refractivity contribution in [1.29, 1.82) is 0 Å². The lowest BCUT2D eigenvalue weighted by Crippen LogP contribution is -2.29. The molecule has 0 bridgehead atoms. The molecule has 2 unspecified atom stereocenters. The molecule has 0 aliphatic rings. The van der Waals surface area contributed by atoms with E-state index in [9.17, 15) is 19.0 Å². The number of esters is 2. The van der Waals surface area contributed by atoms with Gasteiger partial charge in [0.25, 0.3) is 0 Å². The van der Waals surface area contributed by atoms with Gasteiger partial charge in [-0.15, -0.1) is 0 Å². The number of nitrogens with two attached hydrogens (primary N) is 1. The molecule has 3 N–H and O–H groups in total. The van der Waals surface area contributed by atoms with Gasteiger partial charge in [0.05, 0.1) is 13.2 Å². The molecule has 408 valence electrons. The molecule has 0 aliphatic heterocycles. The molecule has 0 rings (SSSR count). The second kappa shape index (κ2) is 56.0. The summed E-state index contributed by atoms with van der Waals surface area (Å²) in [6, 6.07) is 0. The monoisotopic (exact) mass is 1000 g/mol. The third-order valence-electron chi connectivity index (χ3n) is 12.7. The van der Waals surface area contributed by atoms with Crippen molar-refractivity contribution in [3.63, 3.8) is 0 Å². The van der Waals surface area contributed by atoms with E-state index in [-0.39, 0.29) is 32.6 Å². The number of carbonyl (C=O) groups is 2. The maximum Gasteiger partial charge on any atom is 0.472 e. The lowest BCUT2D eigenvalue weighted by Gasteiger charge is -2.19. The van der Waals surface area contributed by atoms with Gasteiger partial charge in [-0.2, -0.15) is 0 Å². The summed E-state index contributed by atoms with van der Waals surface area (Å²) in [6.45, 7) is 3.59. The first-order valence-corrected chi connectivity index (χ1v) is 30.8. The fourth-order valence-electron chi connectivity index (χ4n) is 8.38. The topological polar surface area (TPSA) is 134 Å². The van der Waals surface area contributed by atoms with Crippen LogP contribution in [0.1, 0.15) is 277 Å². The zero-order valence-corrected chi connectivity index (χ0v) is 46.4. The van der Waals surface area contributed by atoms with E-state index < -0.39 is 32.5 Å². The number of phosphoric acid groups is 1. The first-order valence-electron chi connectivity index (χ1n) is 29.3. The van der Waals surface area contributed by atoms with Crippen LogP contribution in [0.4, 0.5) is 0 Å². The van der Waals surface area contributed by atoms with Gasteiger partial charge in [-0.25, -0.2) is 4.57 Å². The van der Waals surface area contributed by atoms with Gasteiger partial charge < -0.3 is 20.1 Å². The number of carbonyl (C=O) groups excluding carboxylic acids is 2. The van der Waals surface area contributed by atoms with Crippen LogP contribution in [0.25, 0.3) is 0 Å². The van der Waals surface area contributed by atoms with Crippen LogP contribution in [0, 0.1) is 0 Å². The zero-order chi connectivity index (χ0) is 51.0. The number of ether oxygens (including phenoxy) is 2. The molecule has 0 heterocycles. The maximum atomic E-state index is 12.6. The number of hydrogen-bond donors (Lipinski definition) is 2. The Morgan fingerprint density at radius 3 is 1.16 bits per heavy atom. The van der Waals surface area contributed by atoms with Crippen LogP contribution in [-0.2, 0) is 32.7 Å². The molecular weight excluding hydrogens is 894 g/mol. The van der Waals surface area contributed by atoms with E-state index in [0.717, 1.165) is 51.4 Å². The first kappa shape index (κ1) is 67.7. The van der Waals surface area contributed by atoms with E-state index in [4.69, 9.17) is 24.3 Å². The minimum absolute atomic E-state index is 0.0432. The molecule has 0 radical (unpaired) electrons. The minimum atomic E-state index is -4.40. The van der Waals surface area contributed by atoms with Crippen LogP contribution < -0.4 is 5.73 Å². The average molecular weight is 1000 g/mol. The van der Waals surface area contributed by atoms with Crippen LogP contribution in [-0.4, -0.2) is 49.3 Å². The standard InChI is InChI=1S/C60H110NO8P/c1-3-5-7-9-11-13-15-17-19-21-22-23-24-25-26-27-28-29-30-31-32-33-34-35-37-38-40-42-44-46-48-50-52-59(62)66-56-58(57-68-70(64,65)67-55-54-61)69-60(63)53-51-49-47-45-43-41-39-36-20-18-16-14-12-10-8-6-4-2/h6,8,12,14,18,20,39,41,45,47,58H,3-5,7,9-11,13,15-17,19,21-38,40,42-44,46,48-57,61H2,1-2H3,(H,64,65)/b8-6-,14-12-,20-18-,41-39-,47-45-. The highest BCUT2D eigenvalue weighted by Crippen LogP contribution is 2.43. The average Bonchev–Trinajstić information content (AvgIpc) is 3.35. The molecule has 70 heavy (non-hydrogen) atoms. The quantitative estimate of drug-likeness (QED) is 0.0264. The summed E-state index contributed by atoms with van der Waals surface area (Å²) in [5.41, 5.74) is 5.37. The second-order valence-corrected chi connectivity index (χ2v) is 20.9. The number of phosphoric ester groups is 1. The SMILES string of the molecule is CC/C=C\C/C=C\C/C=C\C/C=C\C/C=C\CCCC(=O)OC(COC(=O)CCCCCCCCCCCCCCCCCCCCCCCCCCCCCCCCCC)COP(=O)(O)OCCN. The van der Waals surface area contributed by atoms with Crippen molar-refractivity contribution in [2.45, 2.75) is 283 Å². The summed E-state index contributed by atoms with van der Waals surface area (Å²) in [7, 11) is -4.40. The fourth-order valence-corrected chi connectivity index (χ4v) is 9.15. The van der Waals surface area contributed by atoms with E-state index in [1.807, 2.05) is 6.08 Å². The van der Waals surface area contributed by atoms with Crippen LogP contribution in [0.15, 0.2) is 60.8 Å². The maximum absolute atomic E-state index is 12.6. The van der Waals surface area contributed by atoms with Crippen molar-refractivity contribution >= 4 is 19.8 Å². The number of unbranched alkanes of at least 4 members (excludes halogenated alkanes) is 32. The molecule has 0 aliphatic carbocycles. The van der Waals surface area contributed by atoms with E-state index >= 15 is 0 Å². The summed E-state index contributed by atoms with van der Waals surface area (Å²) in [4.78, 5) is 35.1. The number of allylic oxidation sites excluding steroid dienone is 10. The van der Waals surface area contributed by atoms with Crippen LogP contribution in [0.5, 0.6) is 0 Å². The van der Waals surface area contributed by atoms with Crippen LogP contribution >= 0.6 is 7.82 Å². The molecule has 10 heteroatoms. The highest BCUT2D eigenvalue weighted by Gasteiger charge is 2.26. The normalized spacial score (nSPS) is 13.5. The Hall–Kier alpha value is -2.29. The van der Waals surface area contributed by atoms with Crippen molar-refractivity contribution in [3.8, 4) is 0 Å². The largest absolute Gasteiger partial charge is 0.472 e. The fraction of sp³-hybridized carbons (Fsp3) is 0.800. The predicted molar refractivity (Wildman–Crippen MR) is 298 cm³/mol. The Balaban J connectivity index is 3.89. The molecule has 2 atom stereocenters. The molecule has 0 fully saturated rings. The molecule has 0 aromatic rings. The molecule has 0 amide bonds. The van der Waals surface area contributed by atoms with E-state index in [1.54, 1.807) is 0 Å². The third kappa shape index (κ3) is 55.0. The van der Waals surface area contributed by atoms with Crippen LogP contribution in [0.2, 0.25) is 0 Å². The number of rotatable bonds is 55. The molecular formula is C60H110NO8P. The first-order chi connectivity index (χ1) is 34.3. The summed E-state index contributed by atoms with van der Waals surface area (Å²) >= 11 is 0. The van der Waals surface area contributed by atoms with Crippen molar-refractivity contribution in [2.24, 2.45) is 5.73 Å². The summed E-state index contributed by atoms with van der Waals surface area (Å²) in [6.07, 6.45) is 70.3. The Bertz CT molecular complexity index is 1330. The molecule has 0 aromatic heterocycles. The van der Waals surface area contributed by atoms with Crippen molar-refractivity contribution in [2.75, 3.05) is 26.4 Å². The van der Waals surface area contributed by atoms with Gasteiger partial charge in [0.1, 0.15) is 6.61 Å². The summed E-state index contributed by atoms with van der Waals surface area (Å²) in [5.74, 6) is -0.888. The van der Waals surface area contributed by atoms with Gasteiger partial charge in [0.2, 0.25) is 0 Å².